The Labute approximate surface area is 251 Å². The summed E-state index contributed by atoms with van der Waals surface area (Å²) >= 11 is 8.72. The molecule has 0 saturated heterocycles. The molecule has 1 heterocycles. The van der Waals surface area contributed by atoms with E-state index in [-0.39, 0.29) is 18.2 Å². The number of thioether (sulfide) groups is 1. The molecule has 2 N–H and O–H groups in total. The Balaban J connectivity index is 1.30. The standard InChI is InChI=1S/C32H26ClN3O3S2/c1-39-26-11-5-9-23(18-26)28-20-40-32(35-28)36-31(38)30(22-7-3-2-4-8-22)41-27-12-6-10-25(19-27)34-29(37)17-21-13-15-24(33)16-14-21/h2-16,18-20,30H,17H2,1H3,(H,34,37)(H,35,36,38). The summed E-state index contributed by atoms with van der Waals surface area (Å²) in [5.74, 6) is 0.414. The first kappa shape index (κ1) is 28.4. The van der Waals surface area contributed by atoms with E-state index in [2.05, 4.69) is 15.6 Å². The van der Waals surface area contributed by atoms with Crippen molar-refractivity contribution in [1.82, 2.24) is 4.98 Å². The van der Waals surface area contributed by atoms with Crippen LogP contribution in [0.1, 0.15) is 16.4 Å². The summed E-state index contributed by atoms with van der Waals surface area (Å²) in [5, 5.41) is 8.45. The van der Waals surface area contributed by atoms with E-state index in [1.54, 1.807) is 19.2 Å². The number of hydrogen-bond acceptors (Lipinski definition) is 6. The number of rotatable bonds is 10. The quantitative estimate of drug-likeness (QED) is 0.158. The maximum absolute atomic E-state index is 13.6. The van der Waals surface area contributed by atoms with Crippen LogP contribution in [0.15, 0.2) is 113 Å². The third-order valence-corrected chi connectivity index (χ3v) is 8.35. The average molecular weight is 600 g/mol. The van der Waals surface area contributed by atoms with Crippen LogP contribution in [0.4, 0.5) is 10.8 Å². The molecule has 206 valence electrons. The van der Waals surface area contributed by atoms with E-state index >= 15 is 0 Å². The molecule has 5 aromatic rings. The maximum Gasteiger partial charge on any atom is 0.244 e. The molecule has 0 spiro atoms. The highest BCUT2D eigenvalue weighted by molar-refractivity contribution is 8.00. The molecule has 0 fully saturated rings. The summed E-state index contributed by atoms with van der Waals surface area (Å²) in [6, 6.07) is 31.9. The van der Waals surface area contributed by atoms with Gasteiger partial charge in [0.15, 0.2) is 5.13 Å². The fraction of sp³-hybridized carbons (Fsp3) is 0.0938. The molecule has 41 heavy (non-hydrogen) atoms. The topological polar surface area (TPSA) is 80.3 Å². The number of nitrogens with one attached hydrogen (secondary N) is 2. The van der Waals surface area contributed by atoms with Crippen molar-refractivity contribution in [1.29, 1.82) is 0 Å². The lowest BCUT2D eigenvalue weighted by Gasteiger charge is -2.17. The van der Waals surface area contributed by atoms with Crippen LogP contribution < -0.4 is 15.4 Å². The predicted molar refractivity (Wildman–Crippen MR) is 168 cm³/mol. The van der Waals surface area contributed by atoms with Crippen LogP contribution in [-0.2, 0) is 16.0 Å². The minimum Gasteiger partial charge on any atom is -0.497 e. The van der Waals surface area contributed by atoms with Crippen molar-refractivity contribution >= 4 is 57.3 Å². The number of halogens is 1. The molecule has 0 saturated carbocycles. The maximum atomic E-state index is 13.6. The van der Waals surface area contributed by atoms with Crippen molar-refractivity contribution in [2.45, 2.75) is 16.6 Å². The van der Waals surface area contributed by atoms with Crippen molar-refractivity contribution in [3.05, 3.63) is 125 Å². The predicted octanol–water partition coefficient (Wildman–Crippen LogP) is 8.13. The lowest BCUT2D eigenvalue weighted by atomic mass is 10.1. The van der Waals surface area contributed by atoms with E-state index in [9.17, 15) is 9.59 Å². The van der Waals surface area contributed by atoms with Gasteiger partial charge < -0.3 is 15.4 Å². The Hall–Kier alpha value is -4.11. The first-order chi connectivity index (χ1) is 20.0. The van der Waals surface area contributed by atoms with E-state index in [1.807, 2.05) is 96.4 Å². The number of nitrogens with zero attached hydrogens (tertiary/aromatic N) is 1. The first-order valence-electron chi connectivity index (χ1n) is 12.7. The van der Waals surface area contributed by atoms with Crippen LogP contribution in [0.3, 0.4) is 0 Å². The van der Waals surface area contributed by atoms with Gasteiger partial charge in [0, 0.05) is 26.5 Å². The first-order valence-corrected chi connectivity index (χ1v) is 14.9. The number of ether oxygens (including phenoxy) is 1. The summed E-state index contributed by atoms with van der Waals surface area (Å²) in [4.78, 5) is 31.7. The molecule has 6 nitrogen and oxygen atoms in total. The van der Waals surface area contributed by atoms with E-state index in [4.69, 9.17) is 16.3 Å². The van der Waals surface area contributed by atoms with E-state index in [1.165, 1.54) is 23.1 Å². The van der Waals surface area contributed by atoms with E-state index in [0.717, 1.165) is 33.0 Å². The largest absolute Gasteiger partial charge is 0.497 e. The molecule has 5 rings (SSSR count). The molecule has 0 radical (unpaired) electrons. The second-order valence-corrected chi connectivity index (χ2v) is 11.5. The van der Waals surface area contributed by atoms with Gasteiger partial charge in [-0.15, -0.1) is 23.1 Å². The summed E-state index contributed by atoms with van der Waals surface area (Å²) in [6.07, 6.45) is 0.231. The van der Waals surface area contributed by atoms with Crippen molar-refractivity contribution < 1.29 is 14.3 Å². The zero-order valence-corrected chi connectivity index (χ0v) is 24.4. The van der Waals surface area contributed by atoms with Gasteiger partial charge >= 0.3 is 0 Å². The highest BCUT2D eigenvalue weighted by Crippen LogP contribution is 2.38. The second-order valence-electron chi connectivity index (χ2n) is 9.05. The van der Waals surface area contributed by atoms with Gasteiger partial charge in [-0.3, -0.25) is 9.59 Å². The van der Waals surface area contributed by atoms with Crippen LogP contribution in [0.5, 0.6) is 5.75 Å². The van der Waals surface area contributed by atoms with Gasteiger partial charge in [-0.25, -0.2) is 4.98 Å². The number of benzene rings is 4. The van der Waals surface area contributed by atoms with Gasteiger partial charge in [0.25, 0.3) is 0 Å². The van der Waals surface area contributed by atoms with Crippen molar-refractivity contribution in [2.24, 2.45) is 0 Å². The molecule has 9 heteroatoms. The smallest absolute Gasteiger partial charge is 0.244 e. The fourth-order valence-corrected chi connectivity index (χ4v) is 6.03. The van der Waals surface area contributed by atoms with Gasteiger partial charge in [0.1, 0.15) is 11.0 Å². The molecular weight excluding hydrogens is 574 g/mol. The summed E-state index contributed by atoms with van der Waals surface area (Å²) in [5.41, 5.74) is 4.05. The number of carbonyl (C=O) groups is 2. The normalized spacial score (nSPS) is 11.5. The number of methoxy groups -OCH3 is 1. The molecule has 0 bridgehead atoms. The zero-order valence-electron chi connectivity index (χ0n) is 22.0. The highest BCUT2D eigenvalue weighted by atomic mass is 35.5. The fourth-order valence-electron chi connectivity index (χ4n) is 4.09. The van der Waals surface area contributed by atoms with E-state index in [0.29, 0.717) is 15.8 Å². The van der Waals surface area contributed by atoms with Gasteiger partial charge in [-0.1, -0.05) is 72.3 Å². The molecular formula is C32H26ClN3O3S2. The molecule has 0 aliphatic rings. The van der Waals surface area contributed by atoms with Crippen LogP contribution in [0.25, 0.3) is 11.3 Å². The Morgan fingerprint density at radius 2 is 1.71 bits per heavy atom. The van der Waals surface area contributed by atoms with Gasteiger partial charge in [-0.05, 0) is 53.6 Å². The minimum atomic E-state index is -0.541. The monoisotopic (exact) mass is 599 g/mol. The van der Waals surface area contributed by atoms with E-state index < -0.39 is 5.25 Å². The third-order valence-electron chi connectivity index (χ3n) is 6.09. The number of anilines is 2. The summed E-state index contributed by atoms with van der Waals surface area (Å²) in [6.45, 7) is 0. The van der Waals surface area contributed by atoms with Crippen LogP contribution in [0.2, 0.25) is 5.02 Å². The Morgan fingerprint density at radius 1 is 0.927 bits per heavy atom. The number of amides is 2. The van der Waals surface area contributed by atoms with Crippen LogP contribution in [0, 0.1) is 0 Å². The van der Waals surface area contributed by atoms with Crippen LogP contribution >= 0.6 is 34.7 Å². The minimum absolute atomic E-state index is 0.137. The molecule has 1 unspecified atom stereocenters. The molecule has 0 aliphatic carbocycles. The number of carbonyl (C=O) groups excluding carboxylic acids is 2. The lowest BCUT2D eigenvalue weighted by Crippen LogP contribution is -2.19. The molecule has 1 atom stereocenters. The second kappa shape index (κ2) is 13.5. The van der Waals surface area contributed by atoms with Gasteiger partial charge in [0.05, 0.1) is 19.2 Å². The van der Waals surface area contributed by atoms with Crippen LogP contribution in [-0.4, -0.2) is 23.9 Å². The molecule has 0 aliphatic heterocycles. The number of hydrogen-bond donors (Lipinski definition) is 2. The number of aromatic nitrogens is 1. The van der Waals surface area contributed by atoms with Crippen molar-refractivity contribution in [2.75, 3.05) is 17.7 Å². The molecule has 1 aromatic heterocycles. The van der Waals surface area contributed by atoms with Gasteiger partial charge in [-0.2, -0.15) is 0 Å². The van der Waals surface area contributed by atoms with Crippen molar-refractivity contribution in [3.8, 4) is 17.0 Å². The third kappa shape index (κ3) is 7.76. The summed E-state index contributed by atoms with van der Waals surface area (Å²) in [7, 11) is 1.62. The Bertz CT molecular complexity index is 1640. The molecule has 4 aromatic carbocycles. The average Bonchev–Trinajstić information content (AvgIpc) is 3.46. The van der Waals surface area contributed by atoms with Crippen molar-refractivity contribution in [3.63, 3.8) is 0 Å². The highest BCUT2D eigenvalue weighted by Gasteiger charge is 2.23. The SMILES string of the molecule is COc1cccc(-c2csc(NC(=O)C(Sc3cccc(NC(=O)Cc4ccc(Cl)cc4)c3)c3ccccc3)n2)c1. The van der Waals surface area contributed by atoms with Gasteiger partial charge in [0.2, 0.25) is 11.8 Å². The number of thiazole rings is 1. The summed E-state index contributed by atoms with van der Waals surface area (Å²) < 4.78 is 5.32. The Morgan fingerprint density at radius 3 is 2.49 bits per heavy atom. The Kier molecular flexibility index (Phi) is 9.36. The molecule has 2 amide bonds. The lowest BCUT2D eigenvalue weighted by molar-refractivity contribution is -0.116. The zero-order chi connectivity index (χ0) is 28.6.